The topological polar surface area (TPSA) is 0 Å². The third-order valence-electron chi connectivity index (χ3n) is 7.99. The largest absolute Gasteiger partial charge is 0.0784 e. The molecule has 0 spiro atoms. The van der Waals surface area contributed by atoms with Crippen molar-refractivity contribution in [3.63, 3.8) is 0 Å². The Bertz CT molecular complexity index is 1940. The Hall–Kier alpha value is -4.20. The average molecular weight is 503 g/mol. The van der Waals surface area contributed by atoms with Gasteiger partial charge in [-0.1, -0.05) is 152 Å². The molecule has 0 radical (unpaired) electrons. The Morgan fingerprint density at radius 2 is 0.763 bits per heavy atom. The summed E-state index contributed by atoms with van der Waals surface area (Å²) in [5.74, 6) is 0. The molecule has 0 heterocycles. The molecule has 0 bridgehead atoms. The molecule has 1 heteroatoms. The van der Waals surface area contributed by atoms with Gasteiger partial charge in [0, 0.05) is 0 Å². The molecular weight excluding hydrogens is 472 g/mol. The molecule has 0 saturated heterocycles. The van der Waals surface area contributed by atoms with Gasteiger partial charge in [0.25, 0.3) is 0 Å². The van der Waals surface area contributed by atoms with Crippen LogP contribution in [0, 0.1) is 0 Å². The number of fused-ring (bicyclic) bond motifs is 4. The maximum absolute atomic E-state index is 2.44. The second kappa shape index (κ2) is 8.68. The summed E-state index contributed by atoms with van der Waals surface area (Å²) in [7, 11) is -1.51. The van der Waals surface area contributed by atoms with Crippen molar-refractivity contribution >= 4 is 56.4 Å². The van der Waals surface area contributed by atoms with E-state index in [9.17, 15) is 0 Å². The Balaban J connectivity index is 1.66. The van der Waals surface area contributed by atoms with E-state index in [0.29, 0.717) is 0 Å². The molecule has 0 nitrogen and oxygen atoms in total. The van der Waals surface area contributed by atoms with Gasteiger partial charge in [-0.3, -0.25) is 0 Å². The first-order valence-corrected chi connectivity index (χ1v) is 17.0. The summed E-state index contributed by atoms with van der Waals surface area (Å²) < 4.78 is 0. The molecule has 0 amide bonds. The van der Waals surface area contributed by atoms with Crippen molar-refractivity contribution in [3.05, 3.63) is 127 Å². The minimum atomic E-state index is -1.51. The maximum Gasteiger partial charge on any atom is 0.0784 e. The van der Waals surface area contributed by atoms with Crippen LogP contribution in [0.5, 0.6) is 0 Å². The highest BCUT2D eigenvalue weighted by atomic mass is 28.3. The van der Waals surface area contributed by atoms with Gasteiger partial charge in [-0.05, 0) is 65.3 Å². The zero-order valence-electron chi connectivity index (χ0n) is 22.1. The minimum Gasteiger partial charge on any atom is -0.0656 e. The monoisotopic (exact) mass is 502 g/mol. The summed E-state index contributed by atoms with van der Waals surface area (Å²) >= 11 is 0. The lowest BCUT2D eigenvalue weighted by molar-refractivity contribution is 1.68. The predicted octanol–water partition coefficient (Wildman–Crippen LogP) is 10.2. The molecule has 0 unspecified atom stereocenters. The van der Waals surface area contributed by atoms with E-state index in [0.717, 1.165) is 0 Å². The third kappa shape index (κ3) is 3.50. The number of benzene rings is 7. The van der Waals surface area contributed by atoms with E-state index in [1.54, 1.807) is 0 Å². The highest BCUT2D eigenvalue weighted by molar-refractivity contribution is 6.90. The standard InChI is InChI=1S/C37H30Si/c1-38(2,3)35-24-23-34(27-16-6-7-17-28(27)35)37-32-20-10-8-18-30(32)36(31-19-9-11-21-33(31)37)29-22-12-14-25-13-4-5-15-26(25)29/h4-24H,1-3H3. The second-order valence-corrected chi connectivity index (χ2v) is 16.4. The number of hydrogen-bond donors (Lipinski definition) is 0. The summed E-state index contributed by atoms with van der Waals surface area (Å²) in [5, 5.41) is 12.1. The molecule has 0 fully saturated rings. The predicted molar refractivity (Wildman–Crippen MR) is 170 cm³/mol. The third-order valence-corrected chi connectivity index (χ3v) is 10.0. The first kappa shape index (κ1) is 23.0. The van der Waals surface area contributed by atoms with E-state index in [-0.39, 0.29) is 0 Å². The fraction of sp³-hybridized carbons (Fsp3) is 0.0811. The molecule has 7 aromatic carbocycles. The molecule has 182 valence electrons. The molecular formula is C37H30Si. The molecule has 0 N–H and O–H groups in total. The fourth-order valence-corrected chi connectivity index (χ4v) is 7.93. The van der Waals surface area contributed by atoms with E-state index in [1.807, 2.05) is 0 Å². The fourth-order valence-electron chi connectivity index (χ4n) is 6.32. The average Bonchev–Trinajstić information content (AvgIpc) is 2.95. The number of hydrogen-bond acceptors (Lipinski definition) is 0. The molecule has 0 aliphatic rings. The molecule has 0 aliphatic heterocycles. The SMILES string of the molecule is C[Si](C)(C)c1ccc(-c2c3ccccc3c(-c3cccc4ccccc34)c3ccccc23)c2ccccc12. The highest BCUT2D eigenvalue weighted by Gasteiger charge is 2.23. The first-order valence-electron chi connectivity index (χ1n) is 13.5. The summed E-state index contributed by atoms with van der Waals surface area (Å²) in [6.07, 6.45) is 0. The molecule has 0 aromatic heterocycles. The van der Waals surface area contributed by atoms with E-state index >= 15 is 0 Å². The van der Waals surface area contributed by atoms with Crippen LogP contribution < -0.4 is 5.19 Å². The number of rotatable bonds is 3. The van der Waals surface area contributed by atoms with Gasteiger partial charge in [0.1, 0.15) is 0 Å². The van der Waals surface area contributed by atoms with E-state index in [4.69, 9.17) is 0 Å². The molecule has 7 rings (SSSR count). The normalized spacial score (nSPS) is 12.1. The van der Waals surface area contributed by atoms with Crippen LogP contribution in [0.4, 0.5) is 0 Å². The van der Waals surface area contributed by atoms with Crippen molar-refractivity contribution in [2.45, 2.75) is 19.6 Å². The van der Waals surface area contributed by atoms with Crippen LogP contribution in [0.1, 0.15) is 0 Å². The Morgan fingerprint density at radius 1 is 0.342 bits per heavy atom. The van der Waals surface area contributed by atoms with Crippen molar-refractivity contribution < 1.29 is 0 Å². The Kier molecular flexibility index (Phi) is 5.24. The summed E-state index contributed by atoms with van der Waals surface area (Å²) in [6, 6.07) is 47.2. The van der Waals surface area contributed by atoms with Crippen LogP contribution in [0.2, 0.25) is 19.6 Å². The molecule has 0 atom stereocenters. The van der Waals surface area contributed by atoms with Crippen LogP contribution in [-0.2, 0) is 0 Å². The first-order chi connectivity index (χ1) is 18.5. The van der Waals surface area contributed by atoms with Crippen LogP contribution in [-0.4, -0.2) is 8.07 Å². The van der Waals surface area contributed by atoms with Crippen LogP contribution in [0.15, 0.2) is 127 Å². The van der Waals surface area contributed by atoms with Crippen molar-refractivity contribution in [2.24, 2.45) is 0 Å². The van der Waals surface area contributed by atoms with Gasteiger partial charge >= 0.3 is 0 Å². The quantitative estimate of drug-likeness (QED) is 0.166. The van der Waals surface area contributed by atoms with E-state index in [1.165, 1.54) is 70.5 Å². The lowest BCUT2D eigenvalue weighted by Gasteiger charge is -2.23. The van der Waals surface area contributed by atoms with Crippen molar-refractivity contribution in [1.29, 1.82) is 0 Å². The van der Waals surface area contributed by atoms with Crippen molar-refractivity contribution in [3.8, 4) is 22.3 Å². The highest BCUT2D eigenvalue weighted by Crippen LogP contribution is 2.46. The van der Waals surface area contributed by atoms with Gasteiger partial charge in [-0.15, -0.1) is 0 Å². The second-order valence-electron chi connectivity index (χ2n) is 11.3. The van der Waals surface area contributed by atoms with Crippen molar-refractivity contribution in [2.75, 3.05) is 0 Å². The molecule has 0 saturated carbocycles. The smallest absolute Gasteiger partial charge is 0.0656 e. The Labute approximate surface area is 225 Å². The van der Waals surface area contributed by atoms with Gasteiger partial charge < -0.3 is 0 Å². The Morgan fingerprint density at radius 3 is 1.32 bits per heavy atom. The van der Waals surface area contributed by atoms with Crippen LogP contribution in [0.3, 0.4) is 0 Å². The minimum absolute atomic E-state index is 1.27. The summed E-state index contributed by atoms with van der Waals surface area (Å²) in [5.41, 5.74) is 5.26. The van der Waals surface area contributed by atoms with Gasteiger partial charge in [-0.25, -0.2) is 0 Å². The lowest BCUT2D eigenvalue weighted by Crippen LogP contribution is -2.38. The van der Waals surface area contributed by atoms with Crippen LogP contribution in [0.25, 0.3) is 65.3 Å². The molecule has 0 aliphatic carbocycles. The lowest BCUT2D eigenvalue weighted by atomic mass is 9.84. The van der Waals surface area contributed by atoms with Gasteiger partial charge in [0.15, 0.2) is 0 Å². The molecule has 38 heavy (non-hydrogen) atoms. The summed E-state index contributed by atoms with van der Waals surface area (Å²) in [6.45, 7) is 7.33. The zero-order valence-corrected chi connectivity index (χ0v) is 23.1. The van der Waals surface area contributed by atoms with Gasteiger partial charge in [-0.2, -0.15) is 0 Å². The van der Waals surface area contributed by atoms with E-state index in [2.05, 4.69) is 147 Å². The van der Waals surface area contributed by atoms with E-state index < -0.39 is 8.07 Å². The van der Waals surface area contributed by atoms with Gasteiger partial charge in [0.2, 0.25) is 0 Å². The van der Waals surface area contributed by atoms with Crippen molar-refractivity contribution in [1.82, 2.24) is 0 Å². The zero-order chi connectivity index (χ0) is 25.9. The maximum atomic E-state index is 2.44. The summed E-state index contributed by atoms with van der Waals surface area (Å²) in [4.78, 5) is 0. The van der Waals surface area contributed by atoms with Gasteiger partial charge in [0.05, 0.1) is 8.07 Å². The van der Waals surface area contributed by atoms with Crippen LogP contribution >= 0.6 is 0 Å². The molecule has 7 aromatic rings.